The number of fused-ring (bicyclic) bond motifs is 1. The van der Waals surface area contributed by atoms with Gasteiger partial charge in [0, 0.05) is 30.6 Å². The Bertz CT molecular complexity index is 634. The summed E-state index contributed by atoms with van der Waals surface area (Å²) >= 11 is 0. The van der Waals surface area contributed by atoms with Crippen molar-refractivity contribution in [3.63, 3.8) is 0 Å². The number of carbonyl (C=O) groups is 1. The SMILES string of the molecule is Cc1cc(C)c2cc(C(=O)N(CCO)CCCO)[nH]c2c1. The number of aromatic amines is 1. The number of aryl methyl sites for hydroxylation is 2. The molecule has 0 bridgehead atoms. The Morgan fingerprint density at radius 1 is 1.14 bits per heavy atom. The van der Waals surface area contributed by atoms with Crippen LogP contribution in [0.25, 0.3) is 10.9 Å². The maximum absolute atomic E-state index is 12.5. The Hall–Kier alpha value is -1.85. The number of nitrogens with zero attached hydrogens (tertiary/aromatic N) is 1. The van der Waals surface area contributed by atoms with E-state index in [2.05, 4.69) is 11.1 Å². The molecule has 5 nitrogen and oxygen atoms in total. The van der Waals surface area contributed by atoms with Crippen LogP contribution in [0.5, 0.6) is 0 Å². The van der Waals surface area contributed by atoms with E-state index in [0.29, 0.717) is 18.7 Å². The second-order valence-corrected chi connectivity index (χ2v) is 5.32. The molecule has 0 unspecified atom stereocenters. The quantitative estimate of drug-likeness (QED) is 0.756. The Morgan fingerprint density at radius 2 is 1.90 bits per heavy atom. The zero-order valence-corrected chi connectivity index (χ0v) is 12.5. The summed E-state index contributed by atoms with van der Waals surface area (Å²) in [7, 11) is 0. The predicted octanol–water partition coefficient (Wildman–Crippen LogP) is 1.60. The number of amides is 1. The topological polar surface area (TPSA) is 76.6 Å². The molecular formula is C16H22N2O3. The third-order valence-corrected chi connectivity index (χ3v) is 3.56. The average molecular weight is 290 g/mol. The number of hydrogen-bond donors (Lipinski definition) is 3. The van der Waals surface area contributed by atoms with Crippen LogP contribution in [0, 0.1) is 13.8 Å². The van der Waals surface area contributed by atoms with Gasteiger partial charge in [-0.2, -0.15) is 0 Å². The van der Waals surface area contributed by atoms with Crippen LogP contribution in [0.3, 0.4) is 0 Å². The fourth-order valence-electron chi connectivity index (χ4n) is 2.58. The molecule has 0 radical (unpaired) electrons. The Balaban J connectivity index is 2.31. The van der Waals surface area contributed by atoms with Crippen LogP contribution in [0.1, 0.15) is 28.0 Å². The van der Waals surface area contributed by atoms with Crippen molar-refractivity contribution in [2.45, 2.75) is 20.3 Å². The maximum Gasteiger partial charge on any atom is 0.270 e. The van der Waals surface area contributed by atoms with Gasteiger partial charge in [0.25, 0.3) is 5.91 Å². The van der Waals surface area contributed by atoms with E-state index in [1.165, 1.54) is 0 Å². The summed E-state index contributed by atoms with van der Waals surface area (Å²) in [6.45, 7) is 4.69. The summed E-state index contributed by atoms with van der Waals surface area (Å²) in [5.41, 5.74) is 3.74. The lowest BCUT2D eigenvalue weighted by atomic mass is 10.1. The Kier molecular flexibility index (Phi) is 4.98. The van der Waals surface area contributed by atoms with E-state index in [4.69, 9.17) is 10.2 Å². The van der Waals surface area contributed by atoms with Crippen LogP contribution in [0.15, 0.2) is 18.2 Å². The first-order valence-corrected chi connectivity index (χ1v) is 7.17. The van der Waals surface area contributed by atoms with Crippen LogP contribution < -0.4 is 0 Å². The third kappa shape index (κ3) is 3.43. The molecule has 0 atom stereocenters. The van der Waals surface area contributed by atoms with Gasteiger partial charge in [0.2, 0.25) is 0 Å². The Morgan fingerprint density at radius 3 is 2.57 bits per heavy atom. The van der Waals surface area contributed by atoms with Gasteiger partial charge >= 0.3 is 0 Å². The zero-order chi connectivity index (χ0) is 15.4. The number of hydrogen-bond acceptors (Lipinski definition) is 3. The lowest BCUT2D eigenvalue weighted by molar-refractivity contribution is 0.0705. The van der Waals surface area contributed by atoms with E-state index >= 15 is 0 Å². The van der Waals surface area contributed by atoms with E-state index in [1.807, 2.05) is 26.0 Å². The maximum atomic E-state index is 12.5. The summed E-state index contributed by atoms with van der Waals surface area (Å²) in [6, 6.07) is 5.96. The first kappa shape index (κ1) is 15.5. The number of aliphatic hydroxyl groups is 2. The molecule has 0 aliphatic carbocycles. The highest BCUT2D eigenvalue weighted by molar-refractivity contribution is 5.99. The van der Waals surface area contributed by atoms with Gasteiger partial charge in [-0.1, -0.05) is 6.07 Å². The molecule has 0 aliphatic heterocycles. The summed E-state index contributed by atoms with van der Waals surface area (Å²) < 4.78 is 0. The number of nitrogens with one attached hydrogen (secondary N) is 1. The van der Waals surface area contributed by atoms with Gasteiger partial charge in [-0.05, 0) is 43.5 Å². The molecular weight excluding hydrogens is 268 g/mol. The molecule has 21 heavy (non-hydrogen) atoms. The van der Waals surface area contributed by atoms with Crippen LogP contribution in [0.2, 0.25) is 0 Å². The molecule has 2 rings (SSSR count). The van der Waals surface area contributed by atoms with Crippen molar-refractivity contribution in [1.29, 1.82) is 0 Å². The molecule has 5 heteroatoms. The molecule has 0 saturated heterocycles. The van der Waals surface area contributed by atoms with Crippen molar-refractivity contribution in [2.24, 2.45) is 0 Å². The molecule has 1 aromatic heterocycles. The predicted molar refractivity (Wildman–Crippen MR) is 82.5 cm³/mol. The van der Waals surface area contributed by atoms with Crippen molar-refractivity contribution in [3.05, 3.63) is 35.0 Å². The smallest absolute Gasteiger partial charge is 0.270 e. The minimum atomic E-state index is -0.147. The van der Waals surface area contributed by atoms with Gasteiger partial charge in [0.05, 0.1) is 6.61 Å². The van der Waals surface area contributed by atoms with Crippen molar-refractivity contribution in [1.82, 2.24) is 9.88 Å². The molecule has 0 aliphatic rings. The van der Waals surface area contributed by atoms with Crippen molar-refractivity contribution in [2.75, 3.05) is 26.3 Å². The number of rotatable bonds is 6. The lowest BCUT2D eigenvalue weighted by Gasteiger charge is -2.20. The van der Waals surface area contributed by atoms with E-state index in [9.17, 15) is 4.79 Å². The number of aromatic nitrogens is 1. The molecule has 0 spiro atoms. The standard InChI is InChI=1S/C16H22N2O3/c1-11-8-12(2)13-10-15(17-14(13)9-11)16(21)18(5-7-20)4-3-6-19/h8-10,17,19-20H,3-7H2,1-2H3. The second kappa shape index (κ2) is 6.74. The van der Waals surface area contributed by atoms with Gasteiger partial charge in [0.1, 0.15) is 5.69 Å². The van der Waals surface area contributed by atoms with Gasteiger partial charge in [-0.3, -0.25) is 4.79 Å². The van der Waals surface area contributed by atoms with Crippen molar-refractivity contribution >= 4 is 16.8 Å². The van der Waals surface area contributed by atoms with Crippen LogP contribution in [-0.4, -0.2) is 52.3 Å². The van der Waals surface area contributed by atoms with Gasteiger partial charge in [0.15, 0.2) is 0 Å². The van der Waals surface area contributed by atoms with Crippen LogP contribution in [-0.2, 0) is 0 Å². The van der Waals surface area contributed by atoms with E-state index in [0.717, 1.165) is 22.0 Å². The van der Waals surface area contributed by atoms with E-state index < -0.39 is 0 Å². The number of aliphatic hydroxyl groups excluding tert-OH is 2. The fraction of sp³-hybridized carbons (Fsp3) is 0.438. The Labute approximate surface area is 124 Å². The first-order valence-electron chi connectivity index (χ1n) is 7.17. The zero-order valence-electron chi connectivity index (χ0n) is 12.5. The lowest BCUT2D eigenvalue weighted by Crippen LogP contribution is -2.35. The molecule has 114 valence electrons. The summed E-state index contributed by atoms with van der Waals surface area (Å²) in [5.74, 6) is -0.147. The monoisotopic (exact) mass is 290 g/mol. The normalized spacial score (nSPS) is 11.0. The van der Waals surface area contributed by atoms with Gasteiger partial charge < -0.3 is 20.1 Å². The highest BCUT2D eigenvalue weighted by Gasteiger charge is 2.17. The largest absolute Gasteiger partial charge is 0.396 e. The summed E-state index contributed by atoms with van der Waals surface area (Å²) in [4.78, 5) is 17.2. The number of H-pyrrole nitrogens is 1. The highest BCUT2D eigenvalue weighted by Crippen LogP contribution is 2.22. The highest BCUT2D eigenvalue weighted by atomic mass is 16.3. The second-order valence-electron chi connectivity index (χ2n) is 5.32. The van der Waals surface area contributed by atoms with Crippen LogP contribution >= 0.6 is 0 Å². The van der Waals surface area contributed by atoms with Crippen molar-refractivity contribution in [3.8, 4) is 0 Å². The minimum absolute atomic E-state index is 0.0280. The molecule has 1 aromatic carbocycles. The molecule has 1 heterocycles. The average Bonchev–Trinajstić information content (AvgIpc) is 2.86. The molecule has 2 aromatic rings. The third-order valence-electron chi connectivity index (χ3n) is 3.56. The van der Waals surface area contributed by atoms with E-state index in [-0.39, 0.29) is 25.7 Å². The molecule has 3 N–H and O–H groups in total. The number of carbonyl (C=O) groups excluding carboxylic acids is 1. The van der Waals surface area contributed by atoms with E-state index in [1.54, 1.807) is 4.90 Å². The molecule has 0 fully saturated rings. The van der Waals surface area contributed by atoms with Gasteiger partial charge in [-0.15, -0.1) is 0 Å². The minimum Gasteiger partial charge on any atom is -0.396 e. The van der Waals surface area contributed by atoms with Crippen LogP contribution in [0.4, 0.5) is 0 Å². The summed E-state index contributed by atoms with van der Waals surface area (Å²) in [5, 5.41) is 19.0. The first-order chi connectivity index (χ1) is 10.1. The number of benzene rings is 1. The van der Waals surface area contributed by atoms with Crippen molar-refractivity contribution < 1.29 is 15.0 Å². The molecule has 1 amide bonds. The van der Waals surface area contributed by atoms with Gasteiger partial charge in [-0.25, -0.2) is 0 Å². The molecule has 0 saturated carbocycles. The summed E-state index contributed by atoms with van der Waals surface area (Å²) in [6.07, 6.45) is 0.504. The fourth-order valence-corrected chi connectivity index (χ4v) is 2.58.